The fraction of sp³-hybridized carbons (Fsp3) is 0.417. The number of benzene rings is 1. The molecule has 0 aliphatic carbocycles. The number of nitrogens with one attached hydrogen (secondary N) is 3. The molecule has 3 heterocycles. The van der Waals surface area contributed by atoms with Gasteiger partial charge in [-0.2, -0.15) is 0 Å². The number of carbonyl (C=O) groups excluding carboxylic acids is 1. The van der Waals surface area contributed by atoms with E-state index in [0.717, 1.165) is 12.0 Å². The minimum Gasteiger partial charge on any atom is -0.496 e. The number of carbonyl (C=O) groups is 1. The second kappa shape index (κ2) is 11.9. The van der Waals surface area contributed by atoms with Crippen molar-refractivity contribution >= 4 is 34.7 Å². The topological polar surface area (TPSA) is 134 Å². The number of aliphatic imine (C=N–C) groups is 1. The zero-order valence-corrected chi connectivity index (χ0v) is 20.1. The summed E-state index contributed by atoms with van der Waals surface area (Å²) in [6, 6.07) is 3.60. The Hall–Kier alpha value is -3.82. The van der Waals surface area contributed by atoms with Gasteiger partial charge >= 0.3 is 0 Å². The van der Waals surface area contributed by atoms with E-state index in [-0.39, 0.29) is 11.8 Å². The van der Waals surface area contributed by atoms with Crippen molar-refractivity contribution in [1.29, 1.82) is 0 Å². The van der Waals surface area contributed by atoms with Gasteiger partial charge in [-0.1, -0.05) is 13.8 Å². The van der Waals surface area contributed by atoms with E-state index in [1.807, 2.05) is 20.8 Å². The van der Waals surface area contributed by atoms with E-state index in [1.54, 1.807) is 25.5 Å². The van der Waals surface area contributed by atoms with Crippen molar-refractivity contribution in [2.24, 2.45) is 4.99 Å². The number of methoxy groups -OCH3 is 1. The quantitative estimate of drug-likeness (QED) is 0.426. The van der Waals surface area contributed by atoms with Gasteiger partial charge in [0.1, 0.15) is 29.3 Å². The lowest BCUT2D eigenvalue weighted by atomic mass is 10.1. The Morgan fingerprint density at radius 1 is 1.12 bits per heavy atom. The van der Waals surface area contributed by atoms with E-state index in [4.69, 9.17) is 9.47 Å². The first-order valence-corrected chi connectivity index (χ1v) is 11.5. The molecule has 0 fully saturated rings. The number of aromatic amines is 1. The zero-order chi connectivity index (χ0) is 24.5. The lowest BCUT2D eigenvalue weighted by molar-refractivity contribution is -0.121. The van der Waals surface area contributed by atoms with E-state index in [0.29, 0.717) is 72.1 Å². The monoisotopic (exact) mass is 468 g/mol. The molecule has 182 valence electrons. The minimum atomic E-state index is -0.0514. The largest absolute Gasteiger partial charge is 0.496 e. The van der Waals surface area contributed by atoms with Gasteiger partial charge in [0.25, 0.3) is 0 Å². The summed E-state index contributed by atoms with van der Waals surface area (Å²) in [6.45, 7) is 7.44. The van der Waals surface area contributed by atoms with Crippen LogP contribution in [-0.4, -0.2) is 59.0 Å². The van der Waals surface area contributed by atoms with Crippen molar-refractivity contribution in [3.63, 3.8) is 0 Å². The molecular formula is C24H32N6O4. The molecule has 0 unspecified atom stereocenters. The van der Waals surface area contributed by atoms with E-state index in [9.17, 15) is 9.90 Å². The summed E-state index contributed by atoms with van der Waals surface area (Å²) in [5, 5.41) is 17.3. The van der Waals surface area contributed by atoms with Crippen LogP contribution in [0, 0.1) is 6.92 Å². The van der Waals surface area contributed by atoms with E-state index in [1.165, 1.54) is 6.33 Å². The molecule has 1 aliphatic rings. The fourth-order valence-electron chi connectivity index (χ4n) is 3.54. The van der Waals surface area contributed by atoms with E-state index in [2.05, 4.69) is 30.6 Å². The predicted molar refractivity (Wildman–Crippen MR) is 133 cm³/mol. The molecule has 2 aromatic heterocycles. The average Bonchev–Trinajstić information content (AvgIpc) is 3.17. The van der Waals surface area contributed by atoms with Gasteiger partial charge in [-0.25, -0.2) is 9.97 Å². The Morgan fingerprint density at radius 2 is 1.91 bits per heavy atom. The lowest BCUT2D eigenvalue weighted by Crippen LogP contribution is -2.26. The second-order valence-electron chi connectivity index (χ2n) is 7.44. The van der Waals surface area contributed by atoms with Crippen LogP contribution in [0.5, 0.6) is 17.4 Å². The third-order valence-corrected chi connectivity index (χ3v) is 5.24. The minimum absolute atomic E-state index is 0.00959. The van der Waals surface area contributed by atoms with Gasteiger partial charge in [0.2, 0.25) is 5.91 Å². The van der Waals surface area contributed by atoms with Crippen molar-refractivity contribution in [1.82, 2.24) is 20.3 Å². The highest BCUT2D eigenvalue weighted by molar-refractivity contribution is 6.06. The number of amides is 1. The number of hydrogen-bond acceptors (Lipinski definition) is 8. The van der Waals surface area contributed by atoms with Crippen LogP contribution in [0.4, 0.5) is 11.5 Å². The molecule has 0 spiro atoms. The maximum absolute atomic E-state index is 12.1. The summed E-state index contributed by atoms with van der Waals surface area (Å²) >= 11 is 0. The van der Waals surface area contributed by atoms with Crippen molar-refractivity contribution in [2.45, 2.75) is 40.0 Å². The highest BCUT2D eigenvalue weighted by Crippen LogP contribution is 2.35. The fourth-order valence-corrected chi connectivity index (χ4v) is 3.54. The maximum Gasteiger partial charge on any atom is 0.220 e. The molecule has 1 aliphatic heterocycles. The van der Waals surface area contributed by atoms with E-state index >= 15 is 0 Å². The number of anilines is 1. The third kappa shape index (κ3) is 5.75. The molecule has 10 heteroatoms. The molecule has 0 saturated heterocycles. The first kappa shape index (κ1) is 24.8. The first-order valence-electron chi connectivity index (χ1n) is 11.5. The molecule has 10 nitrogen and oxygen atoms in total. The molecule has 0 radical (unpaired) electrons. The maximum atomic E-state index is 12.1. The van der Waals surface area contributed by atoms with Crippen molar-refractivity contribution in [2.75, 3.05) is 32.1 Å². The summed E-state index contributed by atoms with van der Waals surface area (Å²) in [5.74, 6) is 1.78. The van der Waals surface area contributed by atoms with Gasteiger partial charge in [-0.3, -0.25) is 9.79 Å². The molecule has 1 amide bonds. The highest BCUT2D eigenvalue weighted by Gasteiger charge is 2.16. The molecule has 4 rings (SSSR count). The van der Waals surface area contributed by atoms with Gasteiger partial charge < -0.3 is 30.2 Å². The molecule has 0 saturated carbocycles. The van der Waals surface area contributed by atoms with Crippen LogP contribution >= 0.6 is 0 Å². The predicted octanol–water partition coefficient (Wildman–Crippen LogP) is 3.85. The van der Waals surface area contributed by atoms with Crippen molar-refractivity contribution in [3.05, 3.63) is 29.6 Å². The third-order valence-electron chi connectivity index (χ3n) is 5.24. The molecular weight excluding hydrogens is 436 g/mol. The SMILES string of the molecule is CC.COc1cc2cc(c1C)OCCCC(=O)NCCCNc1ncnc3[nH]c(O)c(c13)C=N2. The van der Waals surface area contributed by atoms with Crippen LogP contribution in [0.25, 0.3) is 11.0 Å². The number of hydrogen-bond donors (Lipinski definition) is 4. The number of rotatable bonds is 1. The van der Waals surface area contributed by atoms with Crippen LogP contribution in [0.3, 0.4) is 0 Å². The zero-order valence-electron chi connectivity index (χ0n) is 20.1. The number of H-pyrrole nitrogens is 1. The number of ether oxygens (including phenoxy) is 2. The molecule has 34 heavy (non-hydrogen) atoms. The highest BCUT2D eigenvalue weighted by atomic mass is 16.5. The summed E-state index contributed by atoms with van der Waals surface area (Å²) < 4.78 is 11.4. The van der Waals surface area contributed by atoms with Crippen LogP contribution in [-0.2, 0) is 4.79 Å². The first-order chi connectivity index (χ1) is 16.6. The van der Waals surface area contributed by atoms with Gasteiger partial charge in [0.15, 0.2) is 5.88 Å². The molecule has 2 bridgehead atoms. The van der Waals surface area contributed by atoms with Crippen molar-refractivity contribution in [3.8, 4) is 17.4 Å². The van der Waals surface area contributed by atoms with Crippen LogP contribution < -0.4 is 20.1 Å². The standard InChI is InChI=1S/C22H26N6O4.C2H6/c1-13-16(31-2)9-14-10-17(13)32-8-3-5-18(29)23-6-4-7-24-20-19-15(11-25-14)22(30)28-21(19)27-12-26-20;1-2/h9-12,30H,3-8H2,1-2H3,(H,23,29)(H2,24,26,27,28);1-2H3. The van der Waals surface area contributed by atoms with Gasteiger partial charge in [0, 0.05) is 43.4 Å². The Balaban J connectivity index is 0.00000158. The van der Waals surface area contributed by atoms with E-state index < -0.39 is 0 Å². The summed E-state index contributed by atoms with van der Waals surface area (Å²) in [6.07, 6.45) is 4.69. The van der Waals surface area contributed by atoms with Gasteiger partial charge in [-0.15, -0.1) is 0 Å². The van der Waals surface area contributed by atoms with Crippen molar-refractivity contribution < 1.29 is 19.4 Å². The summed E-state index contributed by atoms with van der Waals surface area (Å²) in [4.78, 5) is 28.0. The second-order valence-corrected chi connectivity index (χ2v) is 7.44. The molecule has 1 aromatic carbocycles. The lowest BCUT2D eigenvalue weighted by Gasteiger charge is -2.13. The van der Waals surface area contributed by atoms with Gasteiger partial charge in [0.05, 0.1) is 30.4 Å². The Morgan fingerprint density at radius 3 is 2.71 bits per heavy atom. The smallest absolute Gasteiger partial charge is 0.220 e. The number of aromatic hydroxyl groups is 1. The summed E-state index contributed by atoms with van der Waals surface area (Å²) in [5.41, 5.74) is 2.41. The number of nitrogens with zero attached hydrogens (tertiary/aromatic N) is 3. The normalized spacial score (nSPS) is 14.5. The Bertz CT molecular complexity index is 1160. The van der Waals surface area contributed by atoms with Crippen LogP contribution in [0.2, 0.25) is 0 Å². The average molecular weight is 469 g/mol. The molecule has 3 aromatic rings. The van der Waals surface area contributed by atoms with Gasteiger partial charge in [-0.05, 0) is 19.8 Å². The number of aromatic nitrogens is 3. The Kier molecular flexibility index (Phi) is 8.66. The van der Waals surface area contributed by atoms with Crippen LogP contribution in [0.15, 0.2) is 23.5 Å². The number of fused-ring (bicyclic) bond motifs is 2. The Labute approximate surface area is 198 Å². The van der Waals surface area contributed by atoms with Crippen LogP contribution in [0.1, 0.15) is 44.2 Å². The molecule has 0 atom stereocenters. The summed E-state index contributed by atoms with van der Waals surface area (Å²) in [7, 11) is 1.59. The molecule has 4 N–H and O–H groups in total.